The Bertz CT molecular complexity index is 1050. The minimum absolute atomic E-state index is 0.495. The van der Waals surface area contributed by atoms with Gasteiger partial charge >= 0.3 is 0 Å². The Hall–Kier alpha value is -3.21. The lowest BCUT2D eigenvalue weighted by atomic mass is 9.98. The maximum atomic E-state index is 5.13. The molecule has 0 aliphatic carbocycles. The number of hydrogen-bond donors (Lipinski definition) is 0. The van der Waals surface area contributed by atoms with Gasteiger partial charge in [-0.15, -0.1) is 10.2 Å². The number of nitrogens with zero attached hydrogens (tertiary/aromatic N) is 4. The Balaban J connectivity index is 1.80. The smallest absolute Gasteiger partial charge is 0.212 e. The molecule has 3 aromatic heterocycles. The number of benzene rings is 1. The summed E-state index contributed by atoms with van der Waals surface area (Å²) in [5.41, 5.74) is 5.34. The summed E-state index contributed by atoms with van der Waals surface area (Å²) in [5.74, 6) is 1.83. The summed E-state index contributed by atoms with van der Waals surface area (Å²) < 4.78 is 7.13. The molecule has 130 valence electrons. The van der Waals surface area contributed by atoms with Crippen LogP contribution in [0.3, 0.4) is 0 Å². The van der Waals surface area contributed by atoms with Crippen LogP contribution in [0.25, 0.3) is 28.2 Å². The van der Waals surface area contributed by atoms with Crippen molar-refractivity contribution in [1.82, 2.24) is 19.6 Å². The topological polar surface area (TPSA) is 52.3 Å². The van der Waals surface area contributed by atoms with E-state index in [9.17, 15) is 0 Å². The van der Waals surface area contributed by atoms with Crippen LogP contribution in [0, 0.1) is 0 Å². The standard InChI is InChI=1S/C21H20N4O/c1-14(2)15-5-4-6-16(11-15)18-7-9-19-23-24-21(25(19)13-18)17-8-10-20(26-3)22-12-17/h4-14H,1-3H3. The van der Waals surface area contributed by atoms with Crippen molar-refractivity contribution in [3.63, 3.8) is 0 Å². The van der Waals surface area contributed by atoms with E-state index in [1.165, 1.54) is 11.1 Å². The molecule has 0 saturated heterocycles. The van der Waals surface area contributed by atoms with Crippen molar-refractivity contribution in [2.45, 2.75) is 19.8 Å². The molecule has 3 heterocycles. The van der Waals surface area contributed by atoms with Crippen LogP contribution in [-0.2, 0) is 0 Å². The Morgan fingerprint density at radius 3 is 2.50 bits per heavy atom. The Kier molecular flexibility index (Phi) is 4.13. The van der Waals surface area contributed by atoms with Gasteiger partial charge in [0.05, 0.1) is 7.11 Å². The summed E-state index contributed by atoms with van der Waals surface area (Å²) in [6, 6.07) is 16.5. The number of aromatic nitrogens is 4. The number of hydrogen-bond acceptors (Lipinski definition) is 4. The van der Waals surface area contributed by atoms with Crippen molar-refractivity contribution >= 4 is 5.65 Å². The van der Waals surface area contributed by atoms with Crippen LogP contribution in [0.15, 0.2) is 60.9 Å². The van der Waals surface area contributed by atoms with Crippen LogP contribution in [0.2, 0.25) is 0 Å². The lowest BCUT2D eigenvalue weighted by Gasteiger charge is -2.09. The second kappa shape index (κ2) is 6.59. The third kappa shape index (κ3) is 2.92. The predicted octanol–water partition coefficient (Wildman–Crippen LogP) is 4.59. The maximum absolute atomic E-state index is 5.13. The molecule has 4 rings (SSSR count). The third-order valence-corrected chi connectivity index (χ3v) is 4.49. The molecular weight excluding hydrogens is 324 g/mol. The summed E-state index contributed by atoms with van der Waals surface area (Å²) in [7, 11) is 1.60. The van der Waals surface area contributed by atoms with Gasteiger partial charge < -0.3 is 4.74 Å². The molecule has 0 amide bonds. The molecule has 1 aromatic carbocycles. The van der Waals surface area contributed by atoms with Gasteiger partial charge in [0, 0.05) is 24.0 Å². The van der Waals surface area contributed by atoms with Crippen LogP contribution < -0.4 is 4.74 Å². The minimum atomic E-state index is 0.495. The zero-order valence-electron chi connectivity index (χ0n) is 15.0. The average molecular weight is 344 g/mol. The van der Waals surface area contributed by atoms with E-state index in [1.807, 2.05) is 22.6 Å². The van der Waals surface area contributed by atoms with Gasteiger partial charge in [0.1, 0.15) is 0 Å². The van der Waals surface area contributed by atoms with Gasteiger partial charge in [0.25, 0.3) is 0 Å². The molecule has 0 radical (unpaired) electrons. The number of fused-ring (bicyclic) bond motifs is 1. The van der Waals surface area contributed by atoms with Crippen molar-refractivity contribution < 1.29 is 4.74 Å². The second-order valence-corrected chi connectivity index (χ2v) is 6.54. The van der Waals surface area contributed by atoms with E-state index in [2.05, 4.69) is 65.6 Å². The summed E-state index contributed by atoms with van der Waals surface area (Å²) in [4.78, 5) is 4.27. The molecule has 0 saturated carbocycles. The Morgan fingerprint density at radius 2 is 1.77 bits per heavy atom. The summed E-state index contributed by atoms with van der Waals surface area (Å²) in [6.45, 7) is 4.41. The van der Waals surface area contributed by atoms with E-state index in [4.69, 9.17) is 4.74 Å². The maximum Gasteiger partial charge on any atom is 0.212 e. The van der Waals surface area contributed by atoms with E-state index in [-0.39, 0.29) is 0 Å². The minimum Gasteiger partial charge on any atom is -0.481 e. The molecule has 4 aromatic rings. The molecular formula is C21H20N4O. The van der Waals surface area contributed by atoms with Crippen molar-refractivity contribution in [3.8, 4) is 28.4 Å². The number of rotatable bonds is 4. The lowest BCUT2D eigenvalue weighted by molar-refractivity contribution is 0.398. The Labute approximate surface area is 152 Å². The van der Waals surface area contributed by atoms with Gasteiger partial charge in [-0.05, 0) is 40.8 Å². The second-order valence-electron chi connectivity index (χ2n) is 6.54. The summed E-state index contributed by atoms with van der Waals surface area (Å²) in [5, 5.41) is 8.61. The lowest BCUT2D eigenvalue weighted by Crippen LogP contribution is -1.93. The molecule has 0 aliphatic rings. The first-order chi connectivity index (χ1) is 12.7. The van der Waals surface area contributed by atoms with E-state index in [0.717, 1.165) is 22.6 Å². The third-order valence-electron chi connectivity index (χ3n) is 4.49. The highest BCUT2D eigenvalue weighted by Crippen LogP contribution is 2.26. The zero-order chi connectivity index (χ0) is 18.1. The van der Waals surface area contributed by atoms with Gasteiger partial charge in [-0.3, -0.25) is 4.40 Å². The fraction of sp³-hybridized carbons (Fsp3) is 0.190. The van der Waals surface area contributed by atoms with E-state index < -0.39 is 0 Å². The zero-order valence-corrected chi connectivity index (χ0v) is 15.0. The number of pyridine rings is 2. The first-order valence-electron chi connectivity index (χ1n) is 8.61. The fourth-order valence-electron chi connectivity index (χ4n) is 2.97. The molecule has 0 atom stereocenters. The van der Waals surface area contributed by atoms with Gasteiger partial charge in [-0.2, -0.15) is 0 Å². The molecule has 26 heavy (non-hydrogen) atoms. The fourth-order valence-corrected chi connectivity index (χ4v) is 2.97. The molecule has 0 N–H and O–H groups in total. The molecule has 0 fully saturated rings. The van der Waals surface area contributed by atoms with Gasteiger partial charge in [-0.1, -0.05) is 38.1 Å². The van der Waals surface area contributed by atoms with E-state index >= 15 is 0 Å². The predicted molar refractivity (Wildman–Crippen MR) is 102 cm³/mol. The molecule has 0 bridgehead atoms. The Morgan fingerprint density at radius 1 is 0.923 bits per heavy atom. The molecule has 5 heteroatoms. The SMILES string of the molecule is COc1ccc(-c2nnc3ccc(-c4cccc(C(C)C)c4)cn23)cn1. The van der Waals surface area contributed by atoms with Crippen LogP contribution >= 0.6 is 0 Å². The highest BCUT2D eigenvalue weighted by atomic mass is 16.5. The summed E-state index contributed by atoms with van der Waals surface area (Å²) in [6.07, 6.45) is 3.83. The summed E-state index contributed by atoms with van der Waals surface area (Å²) >= 11 is 0. The quantitative estimate of drug-likeness (QED) is 0.543. The van der Waals surface area contributed by atoms with Crippen molar-refractivity contribution in [2.24, 2.45) is 0 Å². The van der Waals surface area contributed by atoms with Crippen LogP contribution in [-0.4, -0.2) is 26.7 Å². The highest BCUT2D eigenvalue weighted by molar-refractivity contribution is 5.68. The normalized spacial score (nSPS) is 11.2. The molecule has 5 nitrogen and oxygen atoms in total. The van der Waals surface area contributed by atoms with Gasteiger partial charge in [-0.25, -0.2) is 4.98 Å². The first kappa shape index (κ1) is 16.3. The van der Waals surface area contributed by atoms with Gasteiger partial charge in [0.15, 0.2) is 11.5 Å². The molecule has 0 aliphatic heterocycles. The van der Waals surface area contributed by atoms with Crippen LogP contribution in [0.5, 0.6) is 5.88 Å². The monoisotopic (exact) mass is 344 g/mol. The first-order valence-corrected chi connectivity index (χ1v) is 8.61. The van der Waals surface area contributed by atoms with E-state index in [1.54, 1.807) is 13.3 Å². The number of ether oxygens (including phenoxy) is 1. The molecule has 0 unspecified atom stereocenters. The van der Waals surface area contributed by atoms with Crippen molar-refractivity contribution in [3.05, 3.63) is 66.5 Å². The van der Waals surface area contributed by atoms with Gasteiger partial charge in [0.2, 0.25) is 5.88 Å². The largest absolute Gasteiger partial charge is 0.481 e. The van der Waals surface area contributed by atoms with E-state index in [0.29, 0.717) is 11.8 Å². The molecule has 0 spiro atoms. The average Bonchev–Trinajstić information content (AvgIpc) is 3.11. The van der Waals surface area contributed by atoms with Crippen LogP contribution in [0.4, 0.5) is 0 Å². The van der Waals surface area contributed by atoms with Crippen LogP contribution in [0.1, 0.15) is 25.3 Å². The van der Waals surface area contributed by atoms with Crippen molar-refractivity contribution in [2.75, 3.05) is 7.11 Å². The highest BCUT2D eigenvalue weighted by Gasteiger charge is 2.10. The van der Waals surface area contributed by atoms with Crippen molar-refractivity contribution in [1.29, 1.82) is 0 Å². The number of methoxy groups -OCH3 is 1.